The van der Waals surface area contributed by atoms with Crippen LogP contribution in [0, 0.1) is 22.7 Å². The molecule has 7 nitrogen and oxygen atoms in total. The fourth-order valence-corrected chi connectivity index (χ4v) is 11.0. The molecule has 8 heteroatoms. The molecule has 4 aliphatic carbocycles. The summed E-state index contributed by atoms with van der Waals surface area (Å²) in [6, 6.07) is 17.0. The summed E-state index contributed by atoms with van der Waals surface area (Å²) in [6.45, 7) is 6.98. The van der Waals surface area contributed by atoms with Crippen molar-refractivity contribution in [3.05, 3.63) is 59.7 Å². The van der Waals surface area contributed by atoms with Crippen molar-refractivity contribution < 1.29 is 27.6 Å². The summed E-state index contributed by atoms with van der Waals surface area (Å²) in [5.41, 5.74) is 2.14. The number of phenols is 1. The molecule has 4 bridgehead atoms. The number of nitrogens with zero attached hydrogens (tertiary/aromatic N) is 1. The van der Waals surface area contributed by atoms with E-state index in [0.29, 0.717) is 30.0 Å². The molecule has 1 heterocycles. The number of carbonyl (C=O) groups excluding carboxylic acids is 1. The molecule has 2 aromatic rings. The number of hydrogen-bond acceptors (Lipinski definition) is 6. The number of hydrogen-bond donors (Lipinski definition) is 2. The summed E-state index contributed by atoms with van der Waals surface area (Å²) < 4.78 is 36.9. The van der Waals surface area contributed by atoms with E-state index in [1.165, 1.54) is 49.8 Å². The van der Waals surface area contributed by atoms with Gasteiger partial charge in [0.05, 0.1) is 17.8 Å². The van der Waals surface area contributed by atoms with Crippen molar-refractivity contribution in [3.8, 4) is 11.5 Å². The van der Waals surface area contributed by atoms with Gasteiger partial charge in [0, 0.05) is 24.4 Å². The molecule has 4 fully saturated rings. The summed E-state index contributed by atoms with van der Waals surface area (Å²) in [7, 11) is -4.08. The number of piperidine rings is 1. The molecule has 0 aromatic heterocycles. The average molecular weight is 610 g/mol. The van der Waals surface area contributed by atoms with Crippen molar-refractivity contribution in [3.63, 3.8) is 0 Å². The topological polar surface area (TPSA) is 104 Å². The van der Waals surface area contributed by atoms with Crippen LogP contribution in [0.1, 0.15) is 82.8 Å². The lowest BCUT2D eigenvalue weighted by Crippen LogP contribution is -2.61. The maximum absolute atomic E-state index is 11.9. The van der Waals surface area contributed by atoms with E-state index in [4.69, 9.17) is 9.29 Å². The number of aromatic hydroxyl groups is 1. The molecule has 3 saturated carbocycles. The van der Waals surface area contributed by atoms with Crippen molar-refractivity contribution in [2.75, 3.05) is 25.4 Å². The van der Waals surface area contributed by atoms with Crippen LogP contribution in [0.2, 0.25) is 0 Å². The molecule has 2 unspecified atom stereocenters. The third-order valence-electron chi connectivity index (χ3n) is 12.1. The zero-order valence-corrected chi connectivity index (χ0v) is 26.4. The highest BCUT2D eigenvalue weighted by atomic mass is 32.2. The Labute approximate surface area is 256 Å². The van der Waals surface area contributed by atoms with E-state index >= 15 is 0 Å². The predicted octanol–water partition coefficient (Wildman–Crippen LogP) is 6.19. The normalized spacial score (nSPS) is 32.3. The molecule has 43 heavy (non-hydrogen) atoms. The first-order valence-electron chi connectivity index (χ1n) is 16.2. The van der Waals surface area contributed by atoms with E-state index < -0.39 is 21.3 Å². The third kappa shape index (κ3) is 5.53. The summed E-state index contributed by atoms with van der Waals surface area (Å²) in [5.74, 6) is 2.06. The zero-order valence-electron chi connectivity index (χ0n) is 25.6. The Morgan fingerprint density at radius 3 is 2.49 bits per heavy atom. The standard InChI is InChI=1S/C25H31NO2.C10H16O4S/c27-20-11-10-19-17-24-22-9-4-5-12-25(22,23(19)18-20)13-15-26(24)14-6-16-28-21-7-2-1-3-8-21;1-9(2)7-3-4-10(9,8(11)5-7)6-15(12,13)14/h1-3,7-8,10-11,18,22,24,27H,4-6,9,12-17H2;7H,3-6H2,1-2H3,(H,12,13,14)/t22-,24+,25+;/m0./s1. The van der Waals surface area contributed by atoms with E-state index in [1.54, 1.807) is 0 Å². The minimum absolute atomic E-state index is 0.0152. The van der Waals surface area contributed by atoms with Crippen LogP contribution in [0.3, 0.4) is 0 Å². The van der Waals surface area contributed by atoms with Gasteiger partial charge in [0.2, 0.25) is 0 Å². The van der Waals surface area contributed by atoms with Gasteiger partial charge in [-0.3, -0.25) is 14.2 Å². The fourth-order valence-electron chi connectivity index (χ4n) is 9.74. The molecular formula is C35H47NO6S. The minimum atomic E-state index is -4.08. The second kappa shape index (κ2) is 11.5. The molecule has 0 amide bonds. The van der Waals surface area contributed by atoms with Crippen molar-refractivity contribution in [2.24, 2.45) is 22.7 Å². The Hall–Kier alpha value is -2.42. The number of Topliss-reactive ketones (excluding diaryl/α,β-unsaturated/α-hetero) is 1. The van der Waals surface area contributed by atoms with Crippen molar-refractivity contribution in [2.45, 2.75) is 89.5 Å². The Morgan fingerprint density at radius 1 is 1.00 bits per heavy atom. The van der Waals surface area contributed by atoms with Crippen LogP contribution in [0.5, 0.6) is 11.5 Å². The molecule has 1 saturated heterocycles. The van der Waals surface area contributed by atoms with Crippen molar-refractivity contribution >= 4 is 15.9 Å². The molecule has 5 atom stereocenters. The molecule has 0 spiro atoms. The van der Waals surface area contributed by atoms with Crippen molar-refractivity contribution in [1.82, 2.24) is 4.90 Å². The van der Waals surface area contributed by atoms with Gasteiger partial charge in [-0.15, -0.1) is 0 Å². The quantitative estimate of drug-likeness (QED) is 0.285. The monoisotopic (exact) mass is 609 g/mol. The number of phenolic OH excluding ortho intramolecular Hbond substituents is 1. The van der Waals surface area contributed by atoms with Crippen LogP contribution in [0.4, 0.5) is 0 Å². The van der Waals surface area contributed by atoms with E-state index in [1.807, 2.05) is 50.2 Å². The van der Waals surface area contributed by atoms with Crippen molar-refractivity contribution in [1.29, 1.82) is 0 Å². The molecular weight excluding hydrogens is 562 g/mol. The number of benzene rings is 2. The molecule has 1 aliphatic heterocycles. The number of carbonyl (C=O) groups is 1. The summed E-state index contributed by atoms with van der Waals surface area (Å²) in [6.07, 6.45) is 10.8. The molecule has 2 N–H and O–H groups in total. The molecule has 7 rings (SSSR count). The van der Waals surface area contributed by atoms with Gasteiger partial charge in [0.25, 0.3) is 10.1 Å². The number of fused-ring (bicyclic) bond motifs is 3. The largest absolute Gasteiger partial charge is 0.508 e. The van der Waals surface area contributed by atoms with Crippen LogP contribution in [0.15, 0.2) is 48.5 Å². The smallest absolute Gasteiger partial charge is 0.265 e. The van der Waals surface area contributed by atoms with E-state index in [9.17, 15) is 18.3 Å². The Kier molecular flexibility index (Phi) is 8.18. The van der Waals surface area contributed by atoms with Gasteiger partial charge >= 0.3 is 0 Å². The third-order valence-corrected chi connectivity index (χ3v) is 13.0. The Bertz CT molecular complexity index is 1440. The number of ketones is 1. The Morgan fingerprint density at radius 2 is 1.79 bits per heavy atom. The number of rotatable bonds is 7. The van der Waals surface area contributed by atoms with Gasteiger partial charge in [-0.1, -0.05) is 51.0 Å². The lowest BCUT2D eigenvalue weighted by Gasteiger charge is -2.59. The van der Waals surface area contributed by atoms with Crippen LogP contribution < -0.4 is 4.74 Å². The molecule has 0 radical (unpaired) electrons. The van der Waals surface area contributed by atoms with E-state index in [2.05, 4.69) is 17.0 Å². The van der Waals surface area contributed by atoms with Crippen LogP contribution >= 0.6 is 0 Å². The van der Waals surface area contributed by atoms with Gasteiger partial charge in [-0.2, -0.15) is 8.42 Å². The van der Waals surface area contributed by atoms with Gasteiger partial charge < -0.3 is 9.84 Å². The molecule has 2 aromatic carbocycles. The number of likely N-dealkylation sites (tertiary alicyclic amines) is 1. The molecule has 5 aliphatic rings. The van der Waals surface area contributed by atoms with Crippen LogP contribution in [-0.4, -0.2) is 60.3 Å². The van der Waals surface area contributed by atoms with Crippen LogP contribution in [-0.2, 0) is 26.7 Å². The highest BCUT2D eigenvalue weighted by molar-refractivity contribution is 7.85. The summed E-state index contributed by atoms with van der Waals surface area (Å²) in [4.78, 5) is 14.6. The van der Waals surface area contributed by atoms with E-state index in [0.717, 1.165) is 44.1 Å². The molecule has 234 valence electrons. The Balaban J connectivity index is 0.000000185. The first-order valence-corrected chi connectivity index (χ1v) is 17.8. The highest BCUT2D eigenvalue weighted by Gasteiger charge is 2.65. The number of ether oxygens (including phenoxy) is 1. The first kappa shape index (κ1) is 30.6. The van der Waals surface area contributed by atoms with Crippen LogP contribution in [0.25, 0.3) is 0 Å². The predicted molar refractivity (Wildman–Crippen MR) is 167 cm³/mol. The average Bonchev–Trinajstić information content (AvgIpc) is 3.31. The zero-order chi connectivity index (χ0) is 30.5. The van der Waals surface area contributed by atoms with Gasteiger partial charge in [-0.05, 0) is 104 Å². The van der Waals surface area contributed by atoms with Gasteiger partial charge in [0.1, 0.15) is 17.3 Å². The first-order chi connectivity index (χ1) is 20.5. The van der Waals surface area contributed by atoms with E-state index in [-0.39, 0.29) is 17.1 Å². The maximum atomic E-state index is 11.9. The summed E-state index contributed by atoms with van der Waals surface area (Å²) >= 11 is 0. The lowest BCUT2D eigenvalue weighted by atomic mass is 9.52. The maximum Gasteiger partial charge on any atom is 0.265 e. The number of para-hydroxylation sites is 1. The second-order valence-corrected chi connectivity index (χ2v) is 15.8. The van der Waals surface area contributed by atoms with Gasteiger partial charge in [0.15, 0.2) is 0 Å². The fraction of sp³-hybridized carbons (Fsp3) is 0.629. The summed E-state index contributed by atoms with van der Waals surface area (Å²) in [5, 5.41) is 10.1. The second-order valence-electron chi connectivity index (χ2n) is 14.3. The highest BCUT2D eigenvalue weighted by Crippen LogP contribution is 2.64. The minimum Gasteiger partial charge on any atom is -0.508 e. The van der Waals surface area contributed by atoms with Gasteiger partial charge in [-0.25, -0.2) is 0 Å². The SMILES string of the molecule is CC1(C)C2CCC1(CS(=O)(=O)O)C(=O)C2.Oc1ccc2c(c1)[C@@]13CCCC[C@H]1[C@@H](C2)N(CCCOc1ccccc1)CC3. The lowest BCUT2D eigenvalue weighted by molar-refractivity contribution is -0.128.